The van der Waals surface area contributed by atoms with Gasteiger partial charge < -0.3 is 10.2 Å². The normalized spacial score (nSPS) is 28.8. The van der Waals surface area contributed by atoms with Gasteiger partial charge in [-0.2, -0.15) is 0 Å². The number of rotatable bonds is 2. The highest BCUT2D eigenvalue weighted by molar-refractivity contribution is 5.79. The van der Waals surface area contributed by atoms with Gasteiger partial charge >= 0.3 is 0 Å². The number of nitrogens with zero attached hydrogens (tertiary/aromatic N) is 2. The molecule has 3 aliphatic rings. The van der Waals surface area contributed by atoms with E-state index in [-0.39, 0.29) is 5.91 Å². The van der Waals surface area contributed by atoms with Gasteiger partial charge in [-0.15, -0.1) is 0 Å². The molecule has 0 aliphatic carbocycles. The third kappa shape index (κ3) is 2.99. The lowest BCUT2D eigenvalue weighted by Gasteiger charge is -2.43. The van der Waals surface area contributed by atoms with Gasteiger partial charge in [0, 0.05) is 49.9 Å². The van der Waals surface area contributed by atoms with Crippen molar-refractivity contribution in [2.75, 3.05) is 31.1 Å². The summed E-state index contributed by atoms with van der Waals surface area (Å²) < 4.78 is 26.5. The molecular weight excluding hydrogens is 312 g/mol. The van der Waals surface area contributed by atoms with E-state index in [1.54, 1.807) is 6.07 Å². The molecule has 0 saturated carbocycles. The Morgan fingerprint density at radius 2 is 1.83 bits per heavy atom. The highest BCUT2D eigenvalue weighted by atomic mass is 19.2. The van der Waals surface area contributed by atoms with Crippen molar-refractivity contribution < 1.29 is 13.6 Å². The Morgan fingerprint density at radius 1 is 1.04 bits per heavy atom. The highest BCUT2D eigenvalue weighted by Gasteiger charge is 2.39. The Morgan fingerprint density at radius 3 is 2.58 bits per heavy atom. The third-order valence-corrected chi connectivity index (χ3v) is 5.83. The quantitative estimate of drug-likeness (QED) is 0.899. The van der Waals surface area contributed by atoms with E-state index >= 15 is 0 Å². The Kier molecular flexibility index (Phi) is 4.16. The summed E-state index contributed by atoms with van der Waals surface area (Å²) in [5.41, 5.74) is 0.758. The van der Waals surface area contributed by atoms with Gasteiger partial charge in [-0.1, -0.05) is 0 Å². The molecule has 1 aromatic rings. The lowest BCUT2D eigenvalue weighted by molar-refractivity contribution is -0.119. The molecular formula is C18H23F2N3O. The van der Waals surface area contributed by atoms with E-state index in [2.05, 4.69) is 15.1 Å². The summed E-state index contributed by atoms with van der Waals surface area (Å²) in [4.78, 5) is 16.2. The van der Waals surface area contributed by atoms with Gasteiger partial charge in [-0.05, 0) is 43.9 Å². The Bertz CT molecular complexity index is 631. The molecule has 1 amide bonds. The Labute approximate surface area is 140 Å². The van der Waals surface area contributed by atoms with Crippen LogP contribution in [0.3, 0.4) is 0 Å². The number of hydrogen-bond donors (Lipinski definition) is 1. The molecule has 0 aromatic heterocycles. The summed E-state index contributed by atoms with van der Waals surface area (Å²) in [6, 6.07) is 4.97. The minimum Gasteiger partial charge on any atom is -0.371 e. The first-order valence-electron chi connectivity index (χ1n) is 8.83. The molecule has 3 fully saturated rings. The fourth-order valence-electron chi connectivity index (χ4n) is 4.44. The molecule has 4 nitrogen and oxygen atoms in total. The van der Waals surface area contributed by atoms with Crippen molar-refractivity contribution in [3.63, 3.8) is 0 Å². The predicted molar refractivity (Wildman–Crippen MR) is 87.8 cm³/mol. The number of likely N-dealkylation sites (tertiary alicyclic amines) is 1. The minimum absolute atomic E-state index is 0.194. The predicted octanol–water partition coefficient (Wildman–Crippen LogP) is 2.14. The van der Waals surface area contributed by atoms with Crippen LogP contribution in [0.25, 0.3) is 0 Å². The number of amides is 1. The zero-order valence-electron chi connectivity index (χ0n) is 13.7. The summed E-state index contributed by atoms with van der Waals surface area (Å²) in [6.45, 7) is 3.72. The second-order valence-electron chi connectivity index (χ2n) is 7.24. The van der Waals surface area contributed by atoms with Crippen LogP contribution in [0.1, 0.15) is 25.7 Å². The van der Waals surface area contributed by atoms with Gasteiger partial charge in [-0.25, -0.2) is 8.78 Å². The summed E-state index contributed by atoms with van der Waals surface area (Å²) in [6.07, 6.45) is 3.81. The Balaban J connectivity index is 1.34. The summed E-state index contributed by atoms with van der Waals surface area (Å²) >= 11 is 0. The average Bonchev–Trinajstić information content (AvgIpc) is 2.96. The zero-order chi connectivity index (χ0) is 16.7. The monoisotopic (exact) mass is 335 g/mol. The zero-order valence-corrected chi connectivity index (χ0v) is 13.7. The standard InChI is InChI=1S/C18H23F2N3O/c19-15-2-1-14(10-16(15)20)22-7-4-13(5-8-22)23-6-3-12-9-18(24)21-17(12)11-23/h1-2,10,12-13,17H,3-9,11H2,(H,21,24)/t12-,17-/m1/s1. The Hall–Kier alpha value is -1.69. The van der Waals surface area contributed by atoms with Crippen molar-refractivity contribution in [3.05, 3.63) is 29.8 Å². The number of benzene rings is 1. The van der Waals surface area contributed by atoms with E-state index in [9.17, 15) is 13.6 Å². The van der Waals surface area contributed by atoms with Crippen molar-refractivity contribution in [1.82, 2.24) is 10.2 Å². The molecule has 0 bridgehead atoms. The fraction of sp³-hybridized carbons (Fsp3) is 0.611. The van der Waals surface area contributed by atoms with Crippen molar-refractivity contribution in [2.45, 2.75) is 37.8 Å². The molecule has 0 spiro atoms. The first-order valence-corrected chi connectivity index (χ1v) is 8.83. The summed E-state index contributed by atoms with van der Waals surface area (Å²) in [7, 11) is 0. The maximum absolute atomic E-state index is 13.4. The molecule has 24 heavy (non-hydrogen) atoms. The molecule has 3 saturated heterocycles. The minimum atomic E-state index is -0.796. The number of carbonyl (C=O) groups is 1. The van der Waals surface area contributed by atoms with Crippen molar-refractivity contribution >= 4 is 11.6 Å². The van der Waals surface area contributed by atoms with Gasteiger partial charge in [0.25, 0.3) is 0 Å². The lowest BCUT2D eigenvalue weighted by atomic mass is 9.90. The van der Waals surface area contributed by atoms with Crippen LogP contribution in [0.15, 0.2) is 18.2 Å². The molecule has 2 atom stereocenters. The topological polar surface area (TPSA) is 35.6 Å². The SMILES string of the molecule is O=C1C[C@H]2CCN(C3CCN(c4ccc(F)c(F)c4)CC3)C[C@H]2N1. The molecule has 1 N–H and O–H groups in total. The van der Waals surface area contributed by atoms with E-state index < -0.39 is 11.6 Å². The number of hydrogen-bond acceptors (Lipinski definition) is 3. The second kappa shape index (κ2) is 6.31. The molecule has 1 aromatic carbocycles. The largest absolute Gasteiger partial charge is 0.371 e. The van der Waals surface area contributed by atoms with Crippen LogP contribution in [-0.2, 0) is 4.79 Å². The summed E-state index contributed by atoms with van der Waals surface area (Å²) in [5, 5.41) is 3.10. The van der Waals surface area contributed by atoms with Gasteiger partial charge in [0.2, 0.25) is 5.91 Å². The first kappa shape index (κ1) is 15.8. The van der Waals surface area contributed by atoms with E-state index in [0.29, 0.717) is 24.4 Å². The van der Waals surface area contributed by atoms with Crippen LogP contribution in [0.2, 0.25) is 0 Å². The fourth-order valence-corrected chi connectivity index (χ4v) is 4.44. The molecule has 130 valence electrons. The first-order chi connectivity index (χ1) is 11.6. The molecule has 3 aliphatic heterocycles. The molecule has 3 heterocycles. The molecule has 0 unspecified atom stereocenters. The number of nitrogens with one attached hydrogen (secondary N) is 1. The van der Waals surface area contributed by atoms with E-state index in [0.717, 1.165) is 51.1 Å². The van der Waals surface area contributed by atoms with Crippen molar-refractivity contribution in [2.24, 2.45) is 5.92 Å². The maximum Gasteiger partial charge on any atom is 0.220 e. The van der Waals surface area contributed by atoms with Crippen LogP contribution in [0, 0.1) is 17.6 Å². The van der Waals surface area contributed by atoms with Gasteiger partial charge in [-0.3, -0.25) is 9.69 Å². The van der Waals surface area contributed by atoms with Crippen molar-refractivity contribution in [1.29, 1.82) is 0 Å². The number of halogens is 2. The highest BCUT2D eigenvalue weighted by Crippen LogP contribution is 2.30. The number of fused-ring (bicyclic) bond motifs is 1. The third-order valence-electron chi connectivity index (χ3n) is 5.83. The van der Waals surface area contributed by atoms with Crippen LogP contribution in [-0.4, -0.2) is 49.1 Å². The van der Waals surface area contributed by atoms with Gasteiger partial charge in [0.15, 0.2) is 11.6 Å². The lowest BCUT2D eigenvalue weighted by Crippen LogP contribution is -2.53. The average molecular weight is 335 g/mol. The smallest absolute Gasteiger partial charge is 0.220 e. The number of piperidine rings is 2. The maximum atomic E-state index is 13.4. The van der Waals surface area contributed by atoms with Crippen LogP contribution >= 0.6 is 0 Å². The van der Waals surface area contributed by atoms with E-state index in [1.165, 1.54) is 12.1 Å². The van der Waals surface area contributed by atoms with Gasteiger partial charge in [0.05, 0.1) is 0 Å². The number of carbonyl (C=O) groups excluding carboxylic acids is 1. The van der Waals surface area contributed by atoms with E-state index in [1.807, 2.05) is 0 Å². The van der Waals surface area contributed by atoms with Crippen LogP contribution in [0.5, 0.6) is 0 Å². The summed E-state index contributed by atoms with van der Waals surface area (Å²) in [5.74, 6) is -0.875. The van der Waals surface area contributed by atoms with Crippen molar-refractivity contribution in [3.8, 4) is 0 Å². The van der Waals surface area contributed by atoms with Gasteiger partial charge in [0.1, 0.15) is 0 Å². The molecule has 0 radical (unpaired) electrons. The second-order valence-corrected chi connectivity index (χ2v) is 7.24. The van der Waals surface area contributed by atoms with Crippen LogP contribution < -0.4 is 10.2 Å². The molecule has 6 heteroatoms. The van der Waals surface area contributed by atoms with E-state index in [4.69, 9.17) is 0 Å². The van der Waals surface area contributed by atoms with Crippen LogP contribution in [0.4, 0.5) is 14.5 Å². The molecule has 4 rings (SSSR count). The number of anilines is 1.